The van der Waals surface area contributed by atoms with Crippen molar-refractivity contribution in [1.82, 2.24) is 10.2 Å². The van der Waals surface area contributed by atoms with Gasteiger partial charge in [-0.25, -0.2) is 0 Å². The van der Waals surface area contributed by atoms with E-state index in [1.807, 2.05) is 42.5 Å². The number of hydrogen-bond acceptors (Lipinski definition) is 7. The molecule has 0 spiro atoms. The number of para-hydroxylation sites is 2. The van der Waals surface area contributed by atoms with E-state index < -0.39 is 12.1 Å². The van der Waals surface area contributed by atoms with Gasteiger partial charge in [0.05, 0.1) is 20.1 Å². The summed E-state index contributed by atoms with van der Waals surface area (Å²) in [7, 11) is 1.56. The quantitative estimate of drug-likeness (QED) is 0.559. The van der Waals surface area contributed by atoms with E-state index in [0.29, 0.717) is 17.4 Å². The van der Waals surface area contributed by atoms with Crippen molar-refractivity contribution >= 4 is 5.97 Å². The van der Waals surface area contributed by atoms with E-state index in [-0.39, 0.29) is 18.9 Å². The molecule has 1 unspecified atom stereocenters. The van der Waals surface area contributed by atoms with E-state index >= 15 is 0 Å². The molecule has 1 aromatic heterocycles. The van der Waals surface area contributed by atoms with Crippen molar-refractivity contribution in [3.05, 3.63) is 60.5 Å². The van der Waals surface area contributed by atoms with Gasteiger partial charge in [0.15, 0.2) is 17.6 Å². The van der Waals surface area contributed by atoms with Gasteiger partial charge < -0.3 is 18.6 Å². The average Bonchev–Trinajstić information content (AvgIpc) is 3.19. The fourth-order valence-electron chi connectivity index (χ4n) is 2.39. The lowest BCUT2D eigenvalue weighted by Crippen LogP contribution is -2.13. The van der Waals surface area contributed by atoms with Gasteiger partial charge in [-0.1, -0.05) is 30.3 Å². The summed E-state index contributed by atoms with van der Waals surface area (Å²) in [4.78, 5) is 12.0. The van der Waals surface area contributed by atoms with Gasteiger partial charge in [0.2, 0.25) is 5.89 Å². The number of methoxy groups -OCH3 is 1. The maximum atomic E-state index is 12.0. The van der Waals surface area contributed by atoms with Crippen molar-refractivity contribution in [3.8, 4) is 23.0 Å². The lowest BCUT2D eigenvalue weighted by molar-refractivity contribution is -0.150. The maximum Gasteiger partial charge on any atom is 0.310 e. The van der Waals surface area contributed by atoms with Gasteiger partial charge in [-0.2, -0.15) is 0 Å². The summed E-state index contributed by atoms with van der Waals surface area (Å²) in [5.74, 6) is 1.39. The van der Waals surface area contributed by atoms with Gasteiger partial charge in [0.1, 0.15) is 0 Å². The molecule has 0 aliphatic rings. The molecule has 0 aliphatic heterocycles. The second-order valence-corrected chi connectivity index (χ2v) is 5.69. The van der Waals surface area contributed by atoms with E-state index in [2.05, 4.69) is 10.2 Å². The lowest BCUT2D eigenvalue weighted by atomic mass is 10.2. The number of nitrogens with zero attached hydrogens (tertiary/aromatic N) is 2. The molecule has 0 saturated heterocycles. The van der Waals surface area contributed by atoms with Crippen LogP contribution in [0.4, 0.5) is 0 Å². The first kappa shape index (κ1) is 18.4. The normalized spacial score (nSPS) is 11.6. The molecule has 0 N–H and O–H groups in total. The molecule has 2 aromatic carbocycles. The van der Waals surface area contributed by atoms with Gasteiger partial charge in [0.25, 0.3) is 5.89 Å². The number of esters is 1. The summed E-state index contributed by atoms with van der Waals surface area (Å²) in [6.07, 6.45) is -0.559. The zero-order valence-corrected chi connectivity index (χ0v) is 15.1. The second-order valence-electron chi connectivity index (χ2n) is 5.69. The Labute approximate surface area is 156 Å². The topological polar surface area (TPSA) is 83.7 Å². The van der Waals surface area contributed by atoms with Crippen molar-refractivity contribution in [2.24, 2.45) is 0 Å². The summed E-state index contributed by atoms with van der Waals surface area (Å²) in [5, 5.41) is 7.94. The van der Waals surface area contributed by atoms with Crippen LogP contribution in [0.1, 0.15) is 25.3 Å². The van der Waals surface area contributed by atoms with Crippen LogP contribution in [-0.4, -0.2) is 29.9 Å². The summed E-state index contributed by atoms with van der Waals surface area (Å²) >= 11 is 0. The summed E-state index contributed by atoms with van der Waals surface area (Å²) in [5.41, 5.74) is 0.806. The Kier molecular flexibility index (Phi) is 6.04. The Morgan fingerprint density at radius 2 is 1.74 bits per heavy atom. The molecule has 0 aliphatic carbocycles. The van der Waals surface area contributed by atoms with Crippen LogP contribution in [0, 0.1) is 0 Å². The Bertz CT molecular complexity index is 879. The monoisotopic (exact) mass is 368 g/mol. The first-order valence-corrected chi connectivity index (χ1v) is 8.51. The molecule has 3 rings (SSSR count). The third kappa shape index (κ3) is 4.84. The predicted octanol–water partition coefficient (Wildman–Crippen LogP) is 3.82. The SMILES string of the molecule is COc1ccccc1OCCC(=O)OC(C)c1nnc(-c2ccccc2)o1. The fraction of sp³-hybridized carbons (Fsp3) is 0.250. The van der Waals surface area contributed by atoms with Crippen LogP contribution in [0.5, 0.6) is 11.5 Å². The number of ether oxygens (including phenoxy) is 3. The summed E-state index contributed by atoms with van der Waals surface area (Å²) < 4.78 is 21.7. The van der Waals surface area contributed by atoms with E-state index in [1.165, 1.54) is 0 Å². The van der Waals surface area contributed by atoms with Gasteiger partial charge in [-0.3, -0.25) is 4.79 Å². The minimum absolute atomic E-state index is 0.0854. The van der Waals surface area contributed by atoms with E-state index in [0.717, 1.165) is 5.56 Å². The van der Waals surface area contributed by atoms with Gasteiger partial charge in [-0.15, -0.1) is 10.2 Å². The number of carbonyl (C=O) groups is 1. The first-order valence-electron chi connectivity index (χ1n) is 8.51. The molecule has 3 aromatic rings. The molecule has 0 fully saturated rings. The number of aromatic nitrogens is 2. The summed E-state index contributed by atoms with van der Waals surface area (Å²) in [6.45, 7) is 1.85. The highest BCUT2D eigenvalue weighted by Crippen LogP contribution is 2.26. The Morgan fingerprint density at radius 1 is 1.04 bits per heavy atom. The van der Waals surface area contributed by atoms with Gasteiger partial charge in [0, 0.05) is 5.56 Å². The highest BCUT2D eigenvalue weighted by atomic mass is 16.6. The molecule has 7 heteroatoms. The van der Waals surface area contributed by atoms with Crippen molar-refractivity contribution in [2.75, 3.05) is 13.7 Å². The highest BCUT2D eigenvalue weighted by Gasteiger charge is 2.19. The third-order valence-corrected chi connectivity index (χ3v) is 3.75. The Morgan fingerprint density at radius 3 is 2.48 bits per heavy atom. The lowest BCUT2D eigenvalue weighted by Gasteiger charge is -2.11. The van der Waals surface area contributed by atoms with Crippen molar-refractivity contribution < 1.29 is 23.4 Å². The minimum atomic E-state index is -0.645. The molecule has 0 saturated carbocycles. The van der Waals surface area contributed by atoms with Crippen LogP contribution in [-0.2, 0) is 9.53 Å². The van der Waals surface area contributed by atoms with E-state index in [9.17, 15) is 4.79 Å². The largest absolute Gasteiger partial charge is 0.493 e. The number of rotatable bonds is 8. The van der Waals surface area contributed by atoms with E-state index in [1.54, 1.807) is 26.2 Å². The Balaban J connectivity index is 1.50. The average molecular weight is 368 g/mol. The molecule has 27 heavy (non-hydrogen) atoms. The molecular formula is C20H20N2O5. The number of hydrogen-bond donors (Lipinski definition) is 0. The van der Waals surface area contributed by atoms with Gasteiger partial charge >= 0.3 is 5.97 Å². The number of carbonyl (C=O) groups excluding carboxylic acids is 1. The molecule has 0 bridgehead atoms. The maximum absolute atomic E-state index is 12.0. The van der Waals surface area contributed by atoms with Crippen LogP contribution in [0.3, 0.4) is 0 Å². The molecular weight excluding hydrogens is 348 g/mol. The molecule has 7 nitrogen and oxygen atoms in total. The molecule has 1 atom stereocenters. The third-order valence-electron chi connectivity index (χ3n) is 3.75. The second kappa shape index (κ2) is 8.84. The molecule has 0 amide bonds. The fourth-order valence-corrected chi connectivity index (χ4v) is 2.39. The van der Waals surface area contributed by atoms with E-state index in [4.69, 9.17) is 18.6 Å². The molecule has 140 valence electrons. The van der Waals surface area contributed by atoms with Crippen molar-refractivity contribution in [2.45, 2.75) is 19.4 Å². The van der Waals surface area contributed by atoms with Crippen LogP contribution < -0.4 is 9.47 Å². The Hall–Kier alpha value is -3.35. The van der Waals surface area contributed by atoms with Crippen LogP contribution >= 0.6 is 0 Å². The van der Waals surface area contributed by atoms with Crippen molar-refractivity contribution in [3.63, 3.8) is 0 Å². The zero-order chi connectivity index (χ0) is 19.1. The highest BCUT2D eigenvalue weighted by molar-refractivity contribution is 5.69. The first-order chi connectivity index (χ1) is 13.2. The predicted molar refractivity (Wildman–Crippen MR) is 97.3 cm³/mol. The van der Waals surface area contributed by atoms with Crippen LogP contribution in [0.15, 0.2) is 59.0 Å². The number of benzene rings is 2. The van der Waals surface area contributed by atoms with Crippen molar-refractivity contribution in [1.29, 1.82) is 0 Å². The van der Waals surface area contributed by atoms with Crippen LogP contribution in [0.2, 0.25) is 0 Å². The zero-order valence-electron chi connectivity index (χ0n) is 15.1. The van der Waals surface area contributed by atoms with Crippen LogP contribution in [0.25, 0.3) is 11.5 Å². The molecule has 1 heterocycles. The smallest absolute Gasteiger partial charge is 0.310 e. The molecule has 0 radical (unpaired) electrons. The van der Waals surface area contributed by atoms with Gasteiger partial charge in [-0.05, 0) is 31.2 Å². The standard InChI is InChI=1S/C20H20N2O5/c1-14(19-21-22-20(27-19)15-8-4-3-5-9-15)26-18(23)12-13-25-17-11-7-6-10-16(17)24-2/h3-11,14H,12-13H2,1-2H3. The minimum Gasteiger partial charge on any atom is -0.493 e. The summed E-state index contributed by atoms with van der Waals surface area (Å²) in [6, 6.07) is 16.6.